The summed E-state index contributed by atoms with van der Waals surface area (Å²) < 4.78 is 1.75. The van der Waals surface area contributed by atoms with Crippen molar-refractivity contribution in [1.82, 2.24) is 14.8 Å². The standard InChI is InChI=1S/C17H15N3O/c1-12-5-6-16(13(2)8-12)20-10-15(11-21)17(19-20)14-4-3-7-18-9-14/h3-11H,1-2H3. The van der Waals surface area contributed by atoms with Crippen LogP contribution in [0.15, 0.2) is 48.9 Å². The molecule has 0 atom stereocenters. The summed E-state index contributed by atoms with van der Waals surface area (Å²) in [6.45, 7) is 4.09. The number of aryl methyl sites for hydroxylation is 2. The Bertz CT molecular complexity index is 791. The molecule has 0 N–H and O–H groups in total. The third-order valence-electron chi connectivity index (χ3n) is 3.40. The van der Waals surface area contributed by atoms with E-state index in [0.29, 0.717) is 11.3 Å². The van der Waals surface area contributed by atoms with Crippen LogP contribution in [0, 0.1) is 13.8 Å². The molecule has 0 aliphatic rings. The number of benzene rings is 1. The number of aromatic nitrogens is 3. The maximum atomic E-state index is 11.3. The maximum absolute atomic E-state index is 11.3. The number of pyridine rings is 1. The lowest BCUT2D eigenvalue weighted by Crippen LogP contribution is -1.98. The number of carbonyl (C=O) groups is 1. The fraction of sp³-hybridized carbons (Fsp3) is 0.118. The van der Waals surface area contributed by atoms with Gasteiger partial charge in [0.15, 0.2) is 6.29 Å². The van der Waals surface area contributed by atoms with E-state index in [1.165, 1.54) is 5.56 Å². The highest BCUT2D eigenvalue weighted by Crippen LogP contribution is 2.23. The second kappa shape index (κ2) is 5.32. The molecule has 0 aliphatic carbocycles. The molecule has 0 bridgehead atoms. The molecule has 0 unspecified atom stereocenters. The minimum Gasteiger partial charge on any atom is -0.298 e. The molecule has 4 nitrogen and oxygen atoms in total. The third kappa shape index (κ3) is 2.48. The van der Waals surface area contributed by atoms with Crippen molar-refractivity contribution in [2.75, 3.05) is 0 Å². The van der Waals surface area contributed by atoms with Gasteiger partial charge in [0.2, 0.25) is 0 Å². The largest absolute Gasteiger partial charge is 0.298 e. The Morgan fingerprint density at radius 3 is 2.71 bits per heavy atom. The summed E-state index contributed by atoms with van der Waals surface area (Å²) in [6, 6.07) is 9.88. The molecule has 0 radical (unpaired) electrons. The quantitative estimate of drug-likeness (QED) is 0.690. The highest BCUT2D eigenvalue weighted by atomic mass is 16.1. The smallest absolute Gasteiger partial charge is 0.153 e. The Balaban J connectivity index is 2.14. The number of hydrogen-bond donors (Lipinski definition) is 0. The van der Waals surface area contributed by atoms with Gasteiger partial charge >= 0.3 is 0 Å². The van der Waals surface area contributed by atoms with Gasteiger partial charge in [-0.25, -0.2) is 4.68 Å². The van der Waals surface area contributed by atoms with Crippen LogP contribution in [0.3, 0.4) is 0 Å². The van der Waals surface area contributed by atoms with Crippen LogP contribution in [-0.2, 0) is 0 Å². The van der Waals surface area contributed by atoms with Gasteiger partial charge in [-0.2, -0.15) is 5.10 Å². The van der Waals surface area contributed by atoms with E-state index in [9.17, 15) is 4.79 Å². The second-order valence-electron chi connectivity index (χ2n) is 5.03. The first-order valence-electron chi connectivity index (χ1n) is 6.72. The van der Waals surface area contributed by atoms with E-state index in [-0.39, 0.29) is 0 Å². The summed E-state index contributed by atoms with van der Waals surface area (Å²) >= 11 is 0. The molecule has 2 aromatic heterocycles. The van der Waals surface area contributed by atoms with E-state index in [4.69, 9.17) is 0 Å². The molecule has 0 spiro atoms. The van der Waals surface area contributed by atoms with E-state index < -0.39 is 0 Å². The highest BCUT2D eigenvalue weighted by molar-refractivity contribution is 5.85. The topological polar surface area (TPSA) is 47.8 Å². The average molecular weight is 277 g/mol. The lowest BCUT2D eigenvalue weighted by atomic mass is 10.1. The zero-order valence-corrected chi connectivity index (χ0v) is 11.9. The summed E-state index contributed by atoms with van der Waals surface area (Å²) in [4.78, 5) is 15.4. The van der Waals surface area contributed by atoms with E-state index in [0.717, 1.165) is 23.1 Å². The van der Waals surface area contributed by atoms with Gasteiger partial charge in [-0.3, -0.25) is 9.78 Å². The molecule has 3 aromatic rings. The van der Waals surface area contributed by atoms with Crippen molar-refractivity contribution in [3.8, 4) is 16.9 Å². The fourth-order valence-electron chi connectivity index (χ4n) is 2.39. The zero-order valence-electron chi connectivity index (χ0n) is 11.9. The van der Waals surface area contributed by atoms with E-state index >= 15 is 0 Å². The van der Waals surface area contributed by atoms with E-state index in [2.05, 4.69) is 23.1 Å². The van der Waals surface area contributed by atoms with Crippen LogP contribution in [0.25, 0.3) is 16.9 Å². The number of rotatable bonds is 3. The summed E-state index contributed by atoms with van der Waals surface area (Å²) in [5.41, 5.74) is 5.34. The van der Waals surface area contributed by atoms with Crippen LogP contribution in [0.1, 0.15) is 21.5 Å². The molecule has 0 saturated heterocycles. The van der Waals surface area contributed by atoms with Crippen molar-refractivity contribution in [2.24, 2.45) is 0 Å². The first-order valence-corrected chi connectivity index (χ1v) is 6.72. The monoisotopic (exact) mass is 277 g/mol. The SMILES string of the molecule is Cc1ccc(-n2cc(C=O)c(-c3cccnc3)n2)c(C)c1. The molecule has 1 aromatic carbocycles. The molecule has 104 valence electrons. The Labute approximate surface area is 123 Å². The summed E-state index contributed by atoms with van der Waals surface area (Å²) in [5.74, 6) is 0. The first kappa shape index (κ1) is 13.2. The Morgan fingerprint density at radius 2 is 2.05 bits per heavy atom. The normalized spacial score (nSPS) is 10.6. The number of carbonyl (C=O) groups excluding carboxylic acids is 1. The van der Waals surface area contributed by atoms with Gasteiger partial charge in [-0.1, -0.05) is 17.7 Å². The van der Waals surface area contributed by atoms with Crippen LogP contribution in [0.5, 0.6) is 0 Å². The van der Waals surface area contributed by atoms with Gasteiger partial charge < -0.3 is 0 Å². The predicted octanol–water partition coefficient (Wildman–Crippen LogP) is 3.36. The number of nitrogens with zero attached hydrogens (tertiary/aromatic N) is 3. The molecule has 0 aliphatic heterocycles. The lowest BCUT2D eigenvalue weighted by molar-refractivity contribution is 0.112. The van der Waals surface area contributed by atoms with Gasteiger partial charge in [0.25, 0.3) is 0 Å². The maximum Gasteiger partial charge on any atom is 0.153 e. The van der Waals surface area contributed by atoms with Crippen LogP contribution >= 0.6 is 0 Å². The van der Waals surface area contributed by atoms with Crippen molar-refractivity contribution < 1.29 is 4.79 Å². The molecule has 0 amide bonds. The van der Waals surface area contributed by atoms with Crippen LogP contribution < -0.4 is 0 Å². The molecule has 3 rings (SSSR count). The second-order valence-corrected chi connectivity index (χ2v) is 5.03. The Hall–Kier alpha value is -2.75. The van der Waals surface area contributed by atoms with Gasteiger partial charge in [-0.15, -0.1) is 0 Å². The van der Waals surface area contributed by atoms with Crippen molar-refractivity contribution in [2.45, 2.75) is 13.8 Å². The number of hydrogen-bond acceptors (Lipinski definition) is 3. The molecule has 0 fully saturated rings. The van der Waals surface area contributed by atoms with Crippen molar-refractivity contribution >= 4 is 6.29 Å². The van der Waals surface area contributed by atoms with Crippen LogP contribution in [0.4, 0.5) is 0 Å². The van der Waals surface area contributed by atoms with Gasteiger partial charge in [0, 0.05) is 24.2 Å². The minimum atomic E-state index is 0.558. The van der Waals surface area contributed by atoms with Crippen LogP contribution in [0.2, 0.25) is 0 Å². The molecular formula is C17H15N3O. The summed E-state index contributed by atoms with van der Waals surface area (Å²) in [7, 11) is 0. The van der Waals surface area contributed by atoms with Gasteiger partial charge in [0.1, 0.15) is 5.69 Å². The Morgan fingerprint density at radius 1 is 1.19 bits per heavy atom. The molecule has 0 saturated carbocycles. The van der Waals surface area contributed by atoms with Gasteiger partial charge in [-0.05, 0) is 37.6 Å². The molecular weight excluding hydrogens is 262 g/mol. The van der Waals surface area contributed by atoms with Gasteiger partial charge in [0.05, 0.1) is 11.3 Å². The lowest BCUT2D eigenvalue weighted by Gasteiger charge is -2.06. The van der Waals surface area contributed by atoms with Crippen molar-refractivity contribution in [3.63, 3.8) is 0 Å². The Kier molecular flexibility index (Phi) is 3.36. The molecule has 2 heterocycles. The third-order valence-corrected chi connectivity index (χ3v) is 3.40. The summed E-state index contributed by atoms with van der Waals surface area (Å²) in [6.07, 6.45) is 6.00. The van der Waals surface area contributed by atoms with Crippen molar-refractivity contribution in [3.05, 3.63) is 65.6 Å². The van der Waals surface area contributed by atoms with Crippen LogP contribution in [-0.4, -0.2) is 21.1 Å². The van der Waals surface area contributed by atoms with E-state index in [1.54, 1.807) is 23.3 Å². The fourth-order valence-corrected chi connectivity index (χ4v) is 2.39. The summed E-state index contributed by atoms with van der Waals surface area (Å²) in [5, 5.41) is 4.56. The zero-order chi connectivity index (χ0) is 14.8. The minimum absolute atomic E-state index is 0.558. The highest BCUT2D eigenvalue weighted by Gasteiger charge is 2.12. The predicted molar refractivity (Wildman–Crippen MR) is 81.7 cm³/mol. The molecule has 21 heavy (non-hydrogen) atoms. The van der Waals surface area contributed by atoms with Crippen molar-refractivity contribution in [1.29, 1.82) is 0 Å². The molecule has 4 heteroatoms. The number of aldehydes is 1. The average Bonchev–Trinajstić information content (AvgIpc) is 2.92. The first-order chi connectivity index (χ1) is 10.2. The van der Waals surface area contributed by atoms with E-state index in [1.807, 2.05) is 31.2 Å².